The normalized spacial score (nSPS) is 13.5. The van der Waals surface area contributed by atoms with Gasteiger partial charge in [0.15, 0.2) is 0 Å². The summed E-state index contributed by atoms with van der Waals surface area (Å²) in [7, 11) is 3.86. The van der Waals surface area contributed by atoms with Gasteiger partial charge in [-0.15, -0.1) is 0 Å². The molecule has 0 atom stereocenters. The Morgan fingerprint density at radius 1 is 0.864 bits per heavy atom. The first-order valence-electron chi connectivity index (χ1n) is 8.93. The predicted molar refractivity (Wildman–Crippen MR) is 103 cm³/mol. The molecule has 2 nitrogen and oxygen atoms in total. The fraction of sp³-hybridized carbons (Fsp3) is 0.700. The topological polar surface area (TPSA) is 24.1 Å². The second kappa shape index (κ2) is 20.1. The van der Waals surface area contributed by atoms with Gasteiger partial charge in [0, 0.05) is 0 Å². The molecule has 1 aliphatic carbocycles. The highest BCUT2D eigenvalue weighted by molar-refractivity contribution is 5.11. The summed E-state index contributed by atoms with van der Waals surface area (Å²) in [5, 5.41) is 5.86. The molecule has 1 aromatic carbocycles. The van der Waals surface area contributed by atoms with Crippen LogP contribution in [0.1, 0.15) is 58.4 Å². The molecule has 2 rings (SSSR count). The van der Waals surface area contributed by atoms with Crippen molar-refractivity contribution >= 4 is 0 Å². The molecule has 1 saturated carbocycles. The van der Waals surface area contributed by atoms with Gasteiger partial charge >= 0.3 is 0 Å². The van der Waals surface area contributed by atoms with Gasteiger partial charge in [-0.3, -0.25) is 0 Å². The minimum absolute atomic E-state index is 1.04. The number of hydrogen-bond acceptors (Lipinski definition) is 2. The third kappa shape index (κ3) is 21.4. The van der Waals surface area contributed by atoms with E-state index < -0.39 is 0 Å². The molecule has 1 fully saturated rings. The van der Waals surface area contributed by atoms with Gasteiger partial charge in [0.1, 0.15) is 0 Å². The molecule has 0 aliphatic heterocycles. The molecule has 2 N–H and O–H groups in total. The highest BCUT2D eigenvalue weighted by atomic mass is 14.8. The summed E-state index contributed by atoms with van der Waals surface area (Å²) in [5.41, 5.74) is 1.32. The molecule has 0 unspecified atom stereocenters. The number of aryl methyl sites for hydroxylation is 1. The Hall–Kier alpha value is -0.860. The van der Waals surface area contributed by atoms with Crippen molar-refractivity contribution in [1.82, 2.24) is 10.6 Å². The summed E-state index contributed by atoms with van der Waals surface area (Å²) in [6, 6.07) is 10.3. The smallest absolute Gasteiger partial charge is 0.00804 e. The molecule has 1 aliphatic rings. The molecule has 0 saturated heterocycles. The lowest BCUT2D eigenvalue weighted by Gasteiger charge is -2.15. The summed E-state index contributed by atoms with van der Waals surface area (Å²) in [6.45, 7) is 10.7. The van der Waals surface area contributed by atoms with Gasteiger partial charge in [-0.25, -0.2) is 0 Å². The third-order valence-corrected chi connectivity index (χ3v) is 3.54. The van der Waals surface area contributed by atoms with Crippen LogP contribution in [0.4, 0.5) is 0 Å². The second-order valence-electron chi connectivity index (χ2n) is 5.81. The van der Waals surface area contributed by atoms with E-state index in [1.807, 2.05) is 32.3 Å². The first kappa shape index (κ1) is 23.4. The van der Waals surface area contributed by atoms with Crippen LogP contribution in [0.5, 0.6) is 0 Å². The Bertz CT molecular complexity index is 271. The molecule has 2 heteroatoms. The van der Waals surface area contributed by atoms with Crippen LogP contribution in [0.15, 0.2) is 30.3 Å². The van der Waals surface area contributed by atoms with Crippen LogP contribution in [0, 0.1) is 12.8 Å². The average molecular weight is 309 g/mol. The second-order valence-corrected chi connectivity index (χ2v) is 5.81. The van der Waals surface area contributed by atoms with Gasteiger partial charge in [-0.1, -0.05) is 88.8 Å². The monoisotopic (exact) mass is 308 g/mol. The van der Waals surface area contributed by atoms with Crippen molar-refractivity contribution in [1.29, 1.82) is 0 Å². The van der Waals surface area contributed by atoms with Crippen LogP contribution in [0.2, 0.25) is 0 Å². The van der Waals surface area contributed by atoms with E-state index in [1.54, 1.807) is 0 Å². The molecule has 0 radical (unpaired) electrons. The molecular weight excluding hydrogens is 268 g/mol. The first-order valence-corrected chi connectivity index (χ1v) is 8.93. The highest BCUT2D eigenvalue weighted by Crippen LogP contribution is 2.22. The van der Waals surface area contributed by atoms with Crippen LogP contribution in [0.3, 0.4) is 0 Å². The lowest BCUT2D eigenvalue weighted by molar-refractivity contribution is 0.385. The summed E-state index contributed by atoms with van der Waals surface area (Å²) in [4.78, 5) is 0. The van der Waals surface area contributed by atoms with E-state index in [0.29, 0.717) is 0 Å². The first-order chi connectivity index (χ1) is 10.6. The van der Waals surface area contributed by atoms with Crippen LogP contribution >= 0.6 is 0 Å². The molecular formula is C20H40N2. The van der Waals surface area contributed by atoms with Crippen molar-refractivity contribution in [3.05, 3.63) is 35.9 Å². The van der Waals surface area contributed by atoms with Crippen LogP contribution in [-0.2, 0) is 0 Å². The SMILES string of the molecule is CC1CCCCC1.CCNC.CCNC.Cc1ccccc1. The van der Waals surface area contributed by atoms with E-state index in [-0.39, 0.29) is 0 Å². The molecule has 130 valence electrons. The van der Waals surface area contributed by atoms with Gasteiger partial charge < -0.3 is 10.6 Å². The van der Waals surface area contributed by atoms with E-state index in [2.05, 4.69) is 50.5 Å². The van der Waals surface area contributed by atoms with Crippen molar-refractivity contribution in [2.24, 2.45) is 5.92 Å². The summed E-state index contributed by atoms with van der Waals surface area (Å²) in [5.74, 6) is 1.04. The third-order valence-electron chi connectivity index (χ3n) is 3.54. The van der Waals surface area contributed by atoms with Crippen molar-refractivity contribution in [2.75, 3.05) is 27.2 Å². The average Bonchev–Trinajstić information content (AvgIpc) is 2.57. The quantitative estimate of drug-likeness (QED) is 0.800. The zero-order valence-electron chi connectivity index (χ0n) is 15.9. The molecule has 22 heavy (non-hydrogen) atoms. The van der Waals surface area contributed by atoms with Crippen molar-refractivity contribution in [3.8, 4) is 0 Å². The fourth-order valence-electron chi connectivity index (χ4n) is 1.84. The number of rotatable bonds is 2. The van der Waals surface area contributed by atoms with E-state index >= 15 is 0 Å². The molecule has 1 aromatic rings. The molecule has 0 heterocycles. The van der Waals surface area contributed by atoms with Gasteiger partial charge in [-0.05, 0) is 40.0 Å². The van der Waals surface area contributed by atoms with Crippen molar-refractivity contribution in [2.45, 2.75) is 59.8 Å². The number of hydrogen-bond donors (Lipinski definition) is 2. The Labute approximate surface area is 140 Å². The lowest BCUT2D eigenvalue weighted by Crippen LogP contribution is -2.01. The van der Waals surface area contributed by atoms with Crippen LogP contribution in [0.25, 0.3) is 0 Å². The zero-order chi connectivity index (χ0) is 17.1. The van der Waals surface area contributed by atoms with Crippen molar-refractivity contribution in [3.63, 3.8) is 0 Å². The van der Waals surface area contributed by atoms with Gasteiger partial charge in [0.25, 0.3) is 0 Å². The summed E-state index contributed by atoms with van der Waals surface area (Å²) in [6.07, 6.45) is 7.44. The van der Waals surface area contributed by atoms with Gasteiger partial charge in [-0.2, -0.15) is 0 Å². The Balaban J connectivity index is 0. The van der Waals surface area contributed by atoms with Crippen molar-refractivity contribution < 1.29 is 0 Å². The van der Waals surface area contributed by atoms with Crippen LogP contribution < -0.4 is 10.6 Å². The Morgan fingerprint density at radius 3 is 1.45 bits per heavy atom. The fourth-order valence-corrected chi connectivity index (χ4v) is 1.84. The van der Waals surface area contributed by atoms with E-state index in [1.165, 1.54) is 37.7 Å². The zero-order valence-corrected chi connectivity index (χ0v) is 15.9. The molecule has 0 aromatic heterocycles. The van der Waals surface area contributed by atoms with E-state index in [9.17, 15) is 0 Å². The maximum atomic E-state index is 2.93. The number of benzene rings is 1. The lowest BCUT2D eigenvalue weighted by atomic mass is 9.91. The van der Waals surface area contributed by atoms with E-state index in [0.717, 1.165) is 19.0 Å². The number of nitrogens with one attached hydrogen (secondary N) is 2. The molecule has 0 bridgehead atoms. The largest absolute Gasteiger partial charge is 0.320 e. The Morgan fingerprint density at radius 2 is 1.27 bits per heavy atom. The molecule has 0 spiro atoms. The maximum absolute atomic E-state index is 2.93. The maximum Gasteiger partial charge on any atom is -0.00804 e. The minimum Gasteiger partial charge on any atom is -0.320 e. The standard InChI is InChI=1S/C7H14.C7H8.2C3H9N/c2*1-7-5-3-2-4-6-7;2*1-3-4-2/h7H,2-6H2,1H3;2-6H,1H3;2*4H,3H2,1-2H3. The van der Waals surface area contributed by atoms with Crippen LogP contribution in [-0.4, -0.2) is 27.2 Å². The molecule has 0 amide bonds. The minimum atomic E-state index is 1.04. The van der Waals surface area contributed by atoms with E-state index in [4.69, 9.17) is 0 Å². The summed E-state index contributed by atoms with van der Waals surface area (Å²) < 4.78 is 0. The predicted octanol–water partition coefficient (Wildman–Crippen LogP) is 5.03. The summed E-state index contributed by atoms with van der Waals surface area (Å²) >= 11 is 0. The highest BCUT2D eigenvalue weighted by Gasteiger charge is 2.05. The Kier molecular flexibility index (Phi) is 21.4. The van der Waals surface area contributed by atoms with Gasteiger partial charge in [0.2, 0.25) is 0 Å². The van der Waals surface area contributed by atoms with Gasteiger partial charge in [0.05, 0.1) is 0 Å².